The van der Waals surface area contributed by atoms with Gasteiger partial charge < -0.3 is 15.5 Å². The number of piperidine rings is 1. The van der Waals surface area contributed by atoms with Crippen molar-refractivity contribution in [2.24, 2.45) is 11.8 Å². The largest absolute Gasteiger partial charge is 0.336 e. The van der Waals surface area contributed by atoms with Crippen LogP contribution in [0, 0.1) is 11.8 Å². The van der Waals surface area contributed by atoms with Gasteiger partial charge in [0.2, 0.25) is 11.8 Å². The van der Waals surface area contributed by atoms with E-state index < -0.39 is 0 Å². The number of carbonyl (C=O) groups excluding carboxylic acids is 2. The molecule has 2 N–H and O–H groups in total. The lowest BCUT2D eigenvalue weighted by atomic mass is 9.84. The number of carbonyl (C=O) groups is 2. The van der Waals surface area contributed by atoms with Crippen LogP contribution in [0.5, 0.6) is 0 Å². The molecule has 26 heavy (non-hydrogen) atoms. The van der Waals surface area contributed by atoms with E-state index in [1.165, 1.54) is 4.90 Å². The Hall–Kier alpha value is -1.01. The topological polar surface area (TPSA) is 61.4 Å². The van der Waals surface area contributed by atoms with E-state index in [2.05, 4.69) is 17.6 Å². The number of nitrogens with zero attached hydrogens (tertiary/aromatic N) is 1. The van der Waals surface area contributed by atoms with Crippen LogP contribution in [0.4, 0.5) is 5.69 Å². The number of anilines is 1. The first-order valence-corrected chi connectivity index (χ1v) is 9.32. The molecule has 0 aromatic heterocycles. The maximum atomic E-state index is 12.4. The van der Waals surface area contributed by atoms with E-state index >= 15 is 0 Å². The maximum absolute atomic E-state index is 12.4. The summed E-state index contributed by atoms with van der Waals surface area (Å²) in [4.78, 5) is 26.0. The van der Waals surface area contributed by atoms with Gasteiger partial charge in [0.25, 0.3) is 0 Å². The second-order valence-corrected chi connectivity index (χ2v) is 7.51. The molecule has 1 aromatic rings. The molecular formula is C18H26Cl3N3O2. The Morgan fingerprint density at radius 1 is 1.27 bits per heavy atom. The molecule has 1 unspecified atom stereocenters. The summed E-state index contributed by atoms with van der Waals surface area (Å²) in [5.41, 5.74) is 0.559. The van der Waals surface area contributed by atoms with Crippen LogP contribution in [0.2, 0.25) is 10.0 Å². The predicted octanol–water partition coefficient (Wildman–Crippen LogP) is 3.84. The summed E-state index contributed by atoms with van der Waals surface area (Å²) < 4.78 is 0. The van der Waals surface area contributed by atoms with Gasteiger partial charge >= 0.3 is 0 Å². The van der Waals surface area contributed by atoms with Crippen molar-refractivity contribution in [2.75, 3.05) is 32.0 Å². The SMILES string of the molecule is CC(CC(=O)N(C)CC(=O)Nc1ccc(Cl)c(Cl)c1)C1CCNCC1.Cl. The molecule has 1 saturated heterocycles. The average molecular weight is 423 g/mol. The van der Waals surface area contributed by atoms with Crippen LogP contribution in [-0.4, -0.2) is 43.4 Å². The van der Waals surface area contributed by atoms with Crippen LogP contribution in [0.1, 0.15) is 26.2 Å². The Morgan fingerprint density at radius 3 is 2.54 bits per heavy atom. The smallest absolute Gasteiger partial charge is 0.243 e. The zero-order valence-electron chi connectivity index (χ0n) is 15.1. The number of benzene rings is 1. The first kappa shape index (κ1) is 23.0. The quantitative estimate of drug-likeness (QED) is 0.732. The zero-order valence-corrected chi connectivity index (χ0v) is 17.4. The van der Waals surface area contributed by atoms with Gasteiger partial charge in [0.05, 0.1) is 16.6 Å². The third-order valence-electron chi connectivity index (χ3n) is 4.70. The van der Waals surface area contributed by atoms with Gasteiger partial charge in [-0.3, -0.25) is 9.59 Å². The van der Waals surface area contributed by atoms with Crippen molar-refractivity contribution >= 4 is 53.1 Å². The number of likely N-dealkylation sites (N-methyl/N-ethyl adjacent to an activating group) is 1. The Morgan fingerprint density at radius 2 is 1.92 bits per heavy atom. The van der Waals surface area contributed by atoms with E-state index in [4.69, 9.17) is 23.2 Å². The molecule has 1 heterocycles. The van der Waals surface area contributed by atoms with Crippen LogP contribution in [0.3, 0.4) is 0 Å². The normalized spacial score (nSPS) is 15.7. The lowest BCUT2D eigenvalue weighted by Crippen LogP contribution is -2.37. The highest BCUT2D eigenvalue weighted by Crippen LogP contribution is 2.26. The van der Waals surface area contributed by atoms with E-state index in [0.29, 0.717) is 34.0 Å². The molecule has 8 heteroatoms. The number of hydrogen-bond donors (Lipinski definition) is 2. The van der Waals surface area contributed by atoms with E-state index in [-0.39, 0.29) is 30.8 Å². The highest BCUT2D eigenvalue weighted by atomic mass is 35.5. The van der Waals surface area contributed by atoms with Gasteiger partial charge in [-0.2, -0.15) is 0 Å². The van der Waals surface area contributed by atoms with Crippen LogP contribution < -0.4 is 10.6 Å². The molecule has 2 rings (SSSR count). The monoisotopic (exact) mass is 421 g/mol. The highest BCUT2D eigenvalue weighted by Gasteiger charge is 2.24. The number of hydrogen-bond acceptors (Lipinski definition) is 3. The van der Waals surface area contributed by atoms with Crippen molar-refractivity contribution in [3.05, 3.63) is 28.2 Å². The summed E-state index contributed by atoms with van der Waals surface area (Å²) in [6, 6.07) is 4.88. The number of rotatable bonds is 6. The van der Waals surface area contributed by atoms with Crippen molar-refractivity contribution in [3.8, 4) is 0 Å². The molecule has 0 aliphatic carbocycles. The fourth-order valence-electron chi connectivity index (χ4n) is 3.09. The fourth-order valence-corrected chi connectivity index (χ4v) is 3.39. The van der Waals surface area contributed by atoms with Gasteiger partial charge in [0.15, 0.2) is 0 Å². The number of amides is 2. The first-order valence-electron chi connectivity index (χ1n) is 8.56. The van der Waals surface area contributed by atoms with Crippen LogP contribution in [-0.2, 0) is 9.59 Å². The lowest BCUT2D eigenvalue weighted by molar-refractivity contribution is -0.134. The minimum Gasteiger partial charge on any atom is -0.336 e. The summed E-state index contributed by atoms with van der Waals surface area (Å²) in [5.74, 6) is 0.637. The van der Waals surface area contributed by atoms with E-state index in [1.807, 2.05) is 0 Å². The first-order chi connectivity index (χ1) is 11.9. The Balaban J connectivity index is 0.00000338. The summed E-state index contributed by atoms with van der Waals surface area (Å²) in [5, 5.41) is 6.87. The Kier molecular flexibility index (Phi) is 9.72. The van der Waals surface area contributed by atoms with Gasteiger partial charge in [-0.05, 0) is 56.0 Å². The van der Waals surface area contributed by atoms with Crippen molar-refractivity contribution in [3.63, 3.8) is 0 Å². The Bertz CT molecular complexity index is 622. The molecule has 1 aliphatic heterocycles. The second-order valence-electron chi connectivity index (χ2n) is 6.70. The predicted molar refractivity (Wildman–Crippen MR) is 109 cm³/mol. The Labute approximate surface area is 171 Å². The molecule has 146 valence electrons. The molecule has 0 spiro atoms. The number of nitrogens with one attached hydrogen (secondary N) is 2. The third-order valence-corrected chi connectivity index (χ3v) is 5.43. The van der Waals surface area contributed by atoms with Crippen LogP contribution >= 0.6 is 35.6 Å². The van der Waals surface area contributed by atoms with Crippen molar-refractivity contribution < 1.29 is 9.59 Å². The summed E-state index contributed by atoms with van der Waals surface area (Å²) in [6.07, 6.45) is 2.69. The highest BCUT2D eigenvalue weighted by molar-refractivity contribution is 6.42. The van der Waals surface area contributed by atoms with Crippen molar-refractivity contribution in [2.45, 2.75) is 26.2 Å². The summed E-state index contributed by atoms with van der Waals surface area (Å²) in [6.45, 7) is 4.17. The molecule has 2 amide bonds. The summed E-state index contributed by atoms with van der Waals surface area (Å²) >= 11 is 11.8. The zero-order chi connectivity index (χ0) is 18.4. The van der Waals surface area contributed by atoms with Crippen molar-refractivity contribution in [1.82, 2.24) is 10.2 Å². The molecule has 0 saturated carbocycles. The maximum Gasteiger partial charge on any atom is 0.243 e. The molecular weight excluding hydrogens is 397 g/mol. The van der Waals surface area contributed by atoms with Gasteiger partial charge in [-0.25, -0.2) is 0 Å². The fraction of sp³-hybridized carbons (Fsp3) is 0.556. The second kappa shape index (κ2) is 11.0. The van der Waals surface area contributed by atoms with E-state index in [0.717, 1.165) is 25.9 Å². The van der Waals surface area contributed by atoms with Crippen LogP contribution in [0.25, 0.3) is 0 Å². The molecule has 1 atom stereocenters. The summed E-state index contributed by atoms with van der Waals surface area (Å²) in [7, 11) is 1.66. The molecule has 5 nitrogen and oxygen atoms in total. The van der Waals surface area contributed by atoms with Crippen LogP contribution in [0.15, 0.2) is 18.2 Å². The van der Waals surface area contributed by atoms with Gasteiger partial charge in [0, 0.05) is 19.2 Å². The van der Waals surface area contributed by atoms with Gasteiger partial charge in [-0.1, -0.05) is 30.1 Å². The molecule has 0 bridgehead atoms. The van der Waals surface area contributed by atoms with E-state index in [1.54, 1.807) is 25.2 Å². The van der Waals surface area contributed by atoms with Crippen molar-refractivity contribution in [1.29, 1.82) is 0 Å². The molecule has 1 aliphatic rings. The van der Waals surface area contributed by atoms with Gasteiger partial charge in [-0.15, -0.1) is 12.4 Å². The minimum atomic E-state index is -0.260. The third kappa shape index (κ3) is 6.95. The molecule has 1 fully saturated rings. The number of halogens is 3. The molecule has 0 radical (unpaired) electrons. The van der Waals surface area contributed by atoms with Gasteiger partial charge in [0.1, 0.15) is 0 Å². The minimum absolute atomic E-state index is 0. The standard InChI is InChI=1S/C18H25Cl2N3O2.ClH/c1-12(13-5-7-21-8-6-13)9-18(25)23(2)11-17(24)22-14-3-4-15(19)16(20)10-14;/h3-4,10,12-13,21H,5-9,11H2,1-2H3,(H,22,24);1H. The molecule has 1 aromatic carbocycles. The average Bonchev–Trinajstić information content (AvgIpc) is 2.58. The van der Waals surface area contributed by atoms with E-state index in [9.17, 15) is 9.59 Å². The lowest BCUT2D eigenvalue weighted by Gasteiger charge is -2.29.